The molecule has 3 nitrogen and oxygen atoms in total. The Morgan fingerprint density at radius 3 is 2.53 bits per heavy atom. The Hall–Kier alpha value is -1.35. The molecule has 0 bridgehead atoms. The molecule has 104 valence electrons. The average Bonchev–Trinajstić information content (AvgIpc) is 2.43. The number of benzene rings is 1. The molecule has 1 saturated carbocycles. The molecule has 0 aliphatic heterocycles. The van der Waals surface area contributed by atoms with Crippen LogP contribution in [0.2, 0.25) is 0 Å². The van der Waals surface area contributed by atoms with Crippen LogP contribution in [-0.2, 0) is 9.53 Å². The molecule has 1 amide bonds. The number of methoxy groups -OCH3 is 1. The minimum absolute atomic E-state index is 0.131. The molecule has 0 spiro atoms. The summed E-state index contributed by atoms with van der Waals surface area (Å²) in [5, 5.41) is 3.07. The molecule has 1 fully saturated rings. The van der Waals surface area contributed by atoms with Crippen LogP contribution in [0.25, 0.3) is 0 Å². The van der Waals surface area contributed by atoms with E-state index in [1.54, 1.807) is 7.11 Å². The first kappa shape index (κ1) is 14.1. The lowest BCUT2D eigenvalue weighted by Gasteiger charge is -2.27. The van der Waals surface area contributed by atoms with Gasteiger partial charge in [-0.3, -0.25) is 4.79 Å². The maximum Gasteiger partial charge on any atom is 0.227 e. The second-order valence-electron chi connectivity index (χ2n) is 5.52. The first-order valence-electron chi connectivity index (χ1n) is 7.01. The summed E-state index contributed by atoms with van der Waals surface area (Å²) in [6, 6.07) is 6.15. The summed E-state index contributed by atoms with van der Waals surface area (Å²) in [6.07, 6.45) is 4.16. The van der Waals surface area contributed by atoms with Crippen molar-refractivity contribution in [3.05, 3.63) is 29.3 Å². The quantitative estimate of drug-likeness (QED) is 0.905. The minimum atomic E-state index is 0.131. The van der Waals surface area contributed by atoms with Crippen molar-refractivity contribution < 1.29 is 9.53 Å². The third-order valence-corrected chi connectivity index (χ3v) is 4.03. The Bertz CT molecular complexity index is 448. The van der Waals surface area contributed by atoms with Gasteiger partial charge in [0, 0.05) is 18.7 Å². The van der Waals surface area contributed by atoms with Crippen molar-refractivity contribution in [2.45, 2.75) is 45.6 Å². The van der Waals surface area contributed by atoms with Crippen molar-refractivity contribution >= 4 is 11.6 Å². The highest BCUT2D eigenvalue weighted by molar-refractivity contribution is 5.93. The highest BCUT2D eigenvalue weighted by Crippen LogP contribution is 2.27. The van der Waals surface area contributed by atoms with E-state index in [1.807, 2.05) is 26.0 Å². The van der Waals surface area contributed by atoms with Crippen LogP contribution >= 0.6 is 0 Å². The number of nitrogens with one attached hydrogen (secondary N) is 1. The van der Waals surface area contributed by atoms with E-state index < -0.39 is 0 Å². The van der Waals surface area contributed by atoms with Gasteiger partial charge in [-0.1, -0.05) is 12.1 Å². The number of rotatable bonds is 3. The van der Waals surface area contributed by atoms with Crippen molar-refractivity contribution in [3.8, 4) is 0 Å². The van der Waals surface area contributed by atoms with Gasteiger partial charge in [-0.05, 0) is 56.7 Å². The number of anilines is 1. The van der Waals surface area contributed by atoms with Crippen LogP contribution in [0.4, 0.5) is 5.69 Å². The van der Waals surface area contributed by atoms with Crippen LogP contribution in [0, 0.1) is 19.8 Å². The third kappa shape index (κ3) is 3.57. The third-order valence-electron chi connectivity index (χ3n) is 4.03. The van der Waals surface area contributed by atoms with Gasteiger partial charge in [0.1, 0.15) is 0 Å². The second kappa shape index (κ2) is 6.20. The number of hydrogen-bond acceptors (Lipinski definition) is 2. The van der Waals surface area contributed by atoms with Gasteiger partial charge in [-0.15, -0.1) is 0 Å². The van der Waals surface area contributed by atoms with E-state index in [1.165, 1.54) is 5.56 Å². The molecule has 0 aromatic heterocycles. The molecule has 1 aromatic carbocycles. The highest BCUT2D eigenvalue weighted by Gasteiger charge is 2.26. The van der Waals surface area contributed by atoms with Gasteiger partial charge < -0.3 is 10.1 Å². The van der Waals surface area contributed by atoms with Crippen molar-refractivity contribution in [2.75, 3.05) is 12.4 Å². The van der Waals surface area contributed by atoms with Gasteiger partial charge in [-0.25, -0.2) is 0 Å². The Labute approximate surface area is 115 Å². The van der Waals surface area contributed by atoms with Gasteiger partial charge in [0.25, 0.3) is 0 Å². The topological polar surface area (TPSA) is 38.3 Å². The number of hydrogen-bond donors (Lipinski definition) is 1. The Kier molecular flexibility index (Phi) is 4.59. The SMILES string of the molecule is COC1CCC(C(=O)Nc2cc(C)ccc2C)CC1. The number of carbonyl (C=O) groups excluding carboxylic acids is 1. The van der Waals surface area contributed by atoms with Gasteiger partial charge in [0.05, 0.1) is 6.10 Å². The summed E-state index contributed by atoms with van der Waals surface area (Å²) in [5.74, 6) is 0.287. The zero-order valence-electron chi connectivity index (χ0n) is 12.0. The van der Waals surface area contributed by atoms with E-state index in [-0.39, 0.29) is 11.8 Å². The largest absolute Gasteiger partial charge is 0.381 e. The maximum absolute atomic E-state index is 12.3. The first-order valence-corrected chi connectivity index (χ1v) is 7.01. The number of amides is 1. The molecule has 0 atom stereocenters. The molecule has 1 aliphatic rings. The standard InChI is InChI=1S/C16H23NO2/c1-11-4-5-12(2)15(10-11)17-16(18)13-6-8-14(19-3)9-7-13/h4-5,10,13-14H,6-9H2,1-3H3,(H,17,18). The summed E-state index contributed by atoms with van der Waals surface area (Å²) in [4.78, 5) is 12.3. The summed E-state index contributed by atoms with van der Waals surface area (Å²) in [6.45, 7) is 4.07. The van der Waals surface area contributed by atoms with E-state index in [4.69, 9.17) is 4.74 Å². The first-order chi connectivity index (χ1) is 9.10. The predicted octanol–water partition coefficient (Wildman–Crippen LogP) is 3.45. The molecule has 1 aliphatic carbocycles. The molecule has 0 unspecified atom stereocenters. The minimum Gasteiger partial charge on any atom is -0.381 e. The molecule has 2 rings (SSSR count). The van der Waals surface area contributed by atoms with Crippen LogP contribution < -0.4 is 5.32 Å². The zero-order chi connectivity index (χ0) is 13.8. The normalized spacial score (nSPS) is 23.1. The van der Waals surface area contributed by atoms with Crippen LogP contribution in [0.5, 0.6) is 0 Å². The molecule has 0 heterocycles. The fourth-order valence-corrected chi connectivity index (χ4v) is 2.67. The van der Waals surface area contributed by atoms with Gasteiger partial charge >= 0.3 is 0 Å². The van der Waals surface area contributed by atoms with E-state index in [0.29, 0.717) is 6.10 Å². The van der Waals surface area contributed by atoms with E-state index in [9.17, 15) is 4.79 Å². The Morgan fingerprint density at radius 2 is 1.89 bits per heavy atom. The Balaban J connectivity index is 1.96. The predicted molar refractivity (Wildman–Crippen MR) is 77.3 cm³/mol. The fourth-order valence-electron chi connectivity index (χ4n) is 2.67. The Morgan fingerprint density at radius 1 is 1.21 bits per heavy atom. The summed E-state index contributed by atoms with van der Waals surface area (Å²) in [7, 11) is 1.75. The van der Waals surface area contributed by atoms with E-state index in [2.05, 4.69) is 11.4 Å². The van der Waals surface area contributed by atoms with E-state index >= 15 is 0 Å². The van der Waals surface area contributed by atoms with Gasteiger partial charge in [-0.2, -0.15) is 0 Å². The highest BCUT2D eigenvalue weighted by atomic mass is 16.5. The molecular weight excluding hydrogens is 238 g/mol. The van der Waals surface area contributed by atoms with Crippen LogP contribution in [0.3, 0.4) is 0 Å². The van der Waals surface area contributed by atoms with Crippen LogP contribution in [0.15, 0.2) is 18.2 Å². The lowest BCUT2D eigenvalue weighted by Crippen LogP contribution is -2.29. The number of carbonyl (C=O) groups is 1. The van der Waals surface area contributed by atoms with Crippen LogP contribution in [-0.4, -0.2) is 19.1 Å². The second-order valence-corrected chi connectivity index (χ2v) is 5.52. The van der Waals surface area contributed by atoms with E-state index in [0.717, 1.165) is 36.9 Å². The van der Waals surface area contributed by atoms with Gasteiger partial charge in [0.15, 0.2) is 0 Å². The molecule has 0 radical (unpaired) electrons. The molecular formula is C16H23NO2. The molecule has 3 heteroatoms. The lowest BCUT2D eigenvalue weighted by molar-refractivity contribution is -0.121. The van der Waals surface area contributed by atoms with Crippen LogP contribution in [0.1, 0.15) is 36.8 Å². The van der Waals surface area contributed by atoms with Crippen molar-refractivity contribution in [1.82, 2.24) is 0 Å². The molecule has 1 N–H and O–H groups in total. The van der Waals surface area contributed by atoms with Gasteiger partial charge in [0.2, 0.25) is 5.91 Å². The molecule has 0 saturated heterocycles. The lowest BCUT2D eigenvalue weighted by atomic mass is 9.86. The molecule has 19 heavy (non-hydrogen) atoms. The smallest absolute Gasteiger partial charge is 0.227 e. The maximum atomic E-state index is 12.3. The fraction of sp³-hybridized carbons (Fsp3) is 0.562. The summed E-state index contributed by atoms with van der Waals surface area (Å²) >= 11 is 0. The van der Waals surface area contributed by atoms with Crippen molar-refractivity contribution in [3.63, 3.8) is 0 Å². The average molecular weight is 261 g/mol. The summed E-state index contributed by atoms with van der Waals surface area (Å²) < 4.78 is 5.34. The van der Waals surface area contributed by atoms with Crippen molar-refractivity contribution in [1.29, 1.82) is 0 Å². The number of ether oxygens (including phenoxy) is 1. The van der Waals surface area contributed by atoms with Crippen molar-refractivity contribution in [2.24, 2.45) is 5.92 Å². The zero-order valence-corrected chi connectivity index (χ0v) is 12.0. The molecule has 1 aromatic rings. The summed E-state index contributed by atoms with van der Waals surface area (Å²) in [5.41, 5.74) is 3.23. The number of aryl methyl sites for hydroxylation is 2. The monoisotopic (exact) mass is 261 g/mol.